The second-order valence-corrected chi connectivity index (χ2v) is 6.47. The van der Waals surface area contributed by atoms with Crippen LogP contribution in [0.25, 0.3) is 0 Å². The predicted molar refractivity (Wildman–Crippen MR) is 111 cm³/mol. The molecule has 7 heteroatoms. The molecule has 3 rings (SSSR count). The van der Waals surface area contributed by atoms with E-state index in [2.05, 4.69) is 15.6 Å². The summed E-state index contributed by atoms with van der Waals surface area (Å²) in [5, 5.41) is 6.39. The molecule has 0 saturated heterocycles. The van der Waals surface area contributed by atoms with E-state index in [4.69, 9.17) is 21.1 Å². The highest BCUT2D eigenvalue weighted by Crippen LogP contribution is 2.36. The molecule has 0 saturated carbocycles. The molecule has 28 heavy (non-hydrogen) atoms. The molecule has 6 nitrogen and oxygen atoms in total. The minimum Gasteiger partial charge on any atom is -0.495 e. The van der Waals surface area contributed by atoms with Gasteiger partial charge in [0.2, 0.25) is 0 Å². The number of carbonyl (C=O) groups is 1. The van der Waals surface area contributed by atoms with Crippen molar-refractivity contribution >= 4 is 34.7 Å². The van der Waals surface area contributed by atoms with Gasteiger partial charge in [-0.3, -0.25) is 4.79 Å². The molecule has 0 fully saturated rings. The first-order valence-corrected chi connectivity index (χ1v) is 8.90. The van der Waals surface area contributed by atoms with Crippen LogP contribution in [-0.4, -0.2) is 25.1 Å². The minimum atomic E-state index is -0.322. The number of anilines is 3. The van der Waals surface area contributed by atoms with Gasteiger partial charge >= 0.3 is 0 Å². The highest BCUT2D eigenvalue weighted by molar-refractivity contribution is 6.32. The third-order valence-electron chi connectivity index (χ3n) is 4.04. The molecule has 3 aromatic rings. The van der Waals surface area contributed by atoms with E-state index in [1.807, 2.05) is 31.2 Å². The zero-order chi connectivity index (χ0) is 20.1. The number of carbonyl (C=O) groups excluding carboxylic acids is 1. The van der Waals surface area contributed by atoms with Crippen molar-refractivity contribution in [1.29, 1.82) is 0 Å². The van der Waals surface area contributed by atoms with Crippen molar-refractivity contribution in [3.05, 3.63) is 70.9 Å². The highest BCUT2D eigenvalue weighted by Gasteiger charge is 2.14. The van der Waals surface area contributed by atoms with Gasteiger partial charge in [-0.2, -0.15) is 0 Å². The van der Waals surface area contributed by atoms with E-state index in [1.165, 1.54) is 20.4 Å². The zero-order valence-corrected chi connectivity index (χ0v) is 16.5. The fraction of sp³-hybridized carbons (Fsp3) is 0.143. The molecule has 2 N–H and O–H groups in total. The van der Waals surface area contributed by atoms with Crippen LogP contribution in [0.1, 0.15) is 15.9 Å². The summed E-state index contributed by atoms with van der Waals surface area (Å²) in [7, 11) is 3.00. The summed E-state index contributed by atoms with van der Waals surface area (Å²) >= 11 is 6.09. The first-order valence-electron chi connectivity index (χ1n) is 8.53. The van der Waals surface area contributed by atoms with Crippen molar-refractivity contribution in [2.75, 3.05) is 24.9 Å². The SMILES string of the molecule is COc1cc(NC(=O)c2ccc(Nc3cccc(C)c3)nc2)c(OC)cc1Cl. The fourth-order valence-electron chi connectivity index (χ4n) is 2.63. The molecular formula is C21H20ClN3O3. The summed E-state index contributed by atoms with van der Waals surface area (Å²) in [6.45, 7) is 2.02. The molecule has 2 aromatic carbocycles. The van der Waals surface area contributed by atoms with Gasteiger partial charge in [0, 0.05) is 24.0 Å². The average molecular weight is 398 g/mol. The van der Waals surface area contributed by atoms with Crippen molar-refractivity contribution in [2.45, 2.75) is 6.92 Å². The molecule has 0 spiro atoms. The van der Waals surface area contributed by atoms with Gasteiger partial charge in [-0.1, -0.05) is 23.7 Å². The zero-order valence-electron chi connectivity index (χ0n) is 15.7. The minimum absolute atomic E-state index is 0.322. The van der Waals surface area contributed by atoms with E-state index in [9.17, 15) is 4.79 Å². The molecule has 0 aliphatic rings. The molecule has 0 radical (unpaired) electrons. The van der Waals surface area contributed by atoms with Crippen LogP contribution in [0.4, 0.5) is 17.2 Å². The smallest absolute Gasteiger partial charge is 0.257 e. The number of pyridine rings is 1. The van der Waals surface area contributed by atoms with Crippen LogP contribution < -0.4 is 20.1 Å². The lowest BCUT2D eigenvalue weighted by molar-refractivity contribution is 0.102. The molecule has 0 atom stereocenters. The van der Waals surface area contributed by atoms with Crippen molar-refractivity contribution in [3.8, 4) is 11.5 Å². The molecule has 0 unspecified atom stereocenters. The summed E-state index contributed by atoms with van der Waals surface area (Å²) in [5.41, 5.74) is 2.94. The van der Waals surface area contributed by atoms with Gasteiger partial charge in [-0.25, -0.2) is 4.98 Å². The summed E-state index contributed by atoms with van der Waals surface area (Å²) in [6, 6.07) is 14.6. The Morgan fingerprint density at radius 2 is 1.82 bits per heavy atom. The van der Waals surface area contributed by atoms with Gasteiger partial charge in [-0.15, -0.1) is 0 Å². The standard InChI is InChI=1S/C21H20ClN3O3/c1-13-5-4-6-15(9-13)24-20-8-7-14(12-23-20)21(26)25-17-11-18(27-2)16(22)10-19(17)28-3/h4-12H,1-3H3,(H,23,24)(H,25,26). The number of aromatic nitrogens is 1. The van der Waals surface area contributed by atoms with Gasteiger partial charge in [0.15, 0.2) is 0 Å². The van der Waals surface area contributed by atoms with Crippen LogP contribution in [0.15, 0.2) is 54.7 Å². The lowest BCUT2D eigenvalue weighted by atomic mass is 10.2. The normalized spacial score (nSPS) is 10.3. The number of halogens is 1. The Labute approximate surface area is 168 Å². The van der Waals surface area contributed by atoms with Crippen molar-refractivity contribution in [1.82, 2.24) is 4.98 Å². The lowest BCUT2D eigenvalue weighted by Gasteiger charge is -2.13. The summed E-state index contributed by atoms with van der Waals surface area (Å²) in [4.78, 5) is 16.9. The number of aryl methyl sites for hydroxylation is 1. The monoisotopic (exact) mass is 397 g/mol. The van der Waals surface area contributed by atoms with Crippen LogP contribution in [-0.2, 0) is 0 Å². The van der Waals surface area contributed by atoms with Gasteiger partial charge in [0.25, 0.3) is 5.91 Å². The van der Waals surface area contributed by atoms with Crippen LogP contribution >= 0.6 is 11.6 Å². The highest BCUT2D eigenvalue weighted by atomic mass is 35.5. The lowest BCUT2D eigenvalue weighted by Crippen LogP contribution is -2.13. The summed E-state index contributed by atoms with van der Waals surface area (Å²) in [6.07, 6.45) is 1.51. The van der Waals surface area contributed by atoms with Gasteiger partial charge in [-0.05, 0) is 36.8 Å². The first kappa shape index (κ1) is 19.5. The van der Waals surface area contributed by atoms with Crippen molar-refractivity contribution in [3.63, 3.8) is 0 Å². The Hall–Kier alpha value is -3.25. The third-order valence-corrected chi connectivity index (χ3v) is 4.33. The van der Waals surface area contributed by atoms with Crippen LogP contribution in [0.2, 0.25) is 5.02 Å². The molecule has 0 aliphatic heterocycles. The average Bonchev–Trinajstić information content (AvgIpc) is 2.69. The number of hydrogen-bond acceptors (Lipinski definition) is 5. The van der Waals surface area contributed by atoms with Crippen molar-refractivity contribution in [2.24, 2.45) is 0 Å². The van der Waals surface area contributed by atoms with Gasteiger partial charge in [0.05, 0.1) is 30.5 Å². The molecule has 0 aliphatic carbocycles. The molecule has 144 valence electrons. The maximum absolute atomic E-state index is 12.6. The number of nitrogens with zero attached hydrogens (tertiary/aromatic N) is 1. The predicted octanol–water partition coefficient (Wildman–Crippen LogP) is 5.06. The van der Waals surface area contributed by atoms with Crippen LogP contribution in [0, 0.1) is 6.92 Å². The number of amides is 1. The van der Waals surface area contributed by atoms with E-state index in [-0.39, 0.29) is 5.91 Å². The molecule has 1 amide bonds. The summed E-state index contributed by atoms with van der Waals surface area (Å²) < 4.78 is 10.5. The topological polar surface area (TPSA) is 72.5 Å². The summed E-state index contributed by atoms with van der Waals surface area (Å²) in [5.74, 6) is 1.20. The third kappa shape index (κ3) is 4.53. The fourth-order valence-corrected chi connectivity index (χ4v) is 2.86. The van der Waals surface area contributed by atoms with E-state index in [1.54, 1.807) is 24.3 Å². The Balaban J connectivity index is 1.75. The Kier molecular flexibility index (Phi) is 6.01. The largest absolute Gasteiger partial charge is 0.495 e. The Morgan fingerprint density at radius 3 is 2.46 bits per heavy atom. The number of hydrogen-bond donors (Lipinski definition) is 2. The maximum atomic E-state index is 12.6. The van der Waals surface area contributed by atoms with Gasteiger partial charge < -0.3 is 20.1 Å². The van der Waals surface area contributed by atoms with E-state index >= 15 is 0 Å². The number of methoxy groups -OCH3 is 2. The molecule has 1 aromatic heterocycles. The second-order valence-electron chi connectivity index (χ2n) is 6.07. The van der Waals surface area contributed by atoms with E-state index in [0.29, 0.717) is 33.6 Å². The quantitative estimate of drug-likeness (QED) is 0.608. The van der Waals surface area contributed by atoms with Crippen LogP contribution in [0.5, 0.6) is 11.5 Å². The molecular weight excluding hydrogens is 378 g/mol. The number of ether oxygens (including phenoxy) is 2. The maximum Gasteiger partial charge on any atom is 0.257 e. The number of benzene rings is 2. The van der Waals surface area contributed by atoms with E-state index < -0.39 is 0 Å². The molecule has 1 heterocycles. The number of nitrogens with one attached hydrogen (secondary N) is 2. The Bertz CT molecular complexity index is 991. The van der Waals surface area contributed by atoms with Crippen LogP contribution in [0.3, 0.4) is 0 Å². The molecule has 0 bridgehead atoms. The second kappa shape index (κ2) is 8.63. The van der Waals surface area contributed by atoms with Crippen molar-refractivity contribution < 1.29 is 14.3 Å². The number of rotatable bonds is 6. The van der Waals surface area contributed by atoms with E-state index in [0.717, 1.165) is 11.3 Å². The Morgan fingerprint density at radius 1 is 1.04 bits per heavy atom. The van der Waals surface area contributed by atoms with Gasteiger partial charge in [0.1, 0.15) is 17.3 Å². The first-order chi connectivity index (χ1) is 13.5.